The molecule has 0 unspecified atom stereocenters. The Morgan fingerprint density at radius 2 is 2.00 bits per heavy atom. The maximum atomic E-state index is 13.9. The van der Waals surface area contributed by atoms with Crippen LogP contribution in [-0.2, 0) is 20.7 Å². The Balaban J connectivity index is 2.20. The monoisotopic (exact) mass is 391 g/mol. The van der Waals surface area contributed by atoms with Crippen molar-refractivity contribution in [3.05, 3.63) is 41.2 Å². The average Bonchev–Trinajstić information content (AvgIpc) is 2.64. The van der Waals surface area contributed by atoms with Gasteiger partial charge in [-0.2, -0.15) is 0 Å². The number of nitrogens with zero attached hydrogens (tertiary/aromatic N) is 1. The normalized spacial score (nSPS) is 15.6. The number of ether oxygens (including phenoxy) is 2. The first-order valence-electron chi connectivity index (χ1n) is 9.68. The third kappa shape index (κ3) is 5.81. The fraction of sp³-hybridized carbons (Fsp3) is 0.545. The van der Waals surface area contributed by atoms with Gasteiger partial charge in [0.15, 0.2) is 0 Å². The molecule has 1 aliphatic heterocycles. The van der Waals surface area contributed by atoms with Gasteiger partial charge in [0, 0.05) is 13.1 Å². The van der Waals surface area contributed by atoms with Crippen LogP contribution in [0, 0.1) is 11.7 Å². The summed E-state index contributed by atoms with van der Waals surface area (Å²) in [5.74, 6) is -0.926. The van der Waals surface area contributed by atoms with Gasteiger partial charge in [-0.15, -0.1) is 0 Å². The highest BCUT2D eigenvalue weighted by Crippen LogP contribution is 2.29. The van der Waals surface area contributed by atoms with Crippen LogP contribution in [-0.4, -0.2) is 42.8 Å². The van der Waals surface area contributed by atoms with Gasteiger partial charge < -0.3 is 14.4 Å². The largest absolute Gasteiger partial charge is 0.469 e. The van der Waals surface area contributed by atoms with Gasteiger partial charge in [0.1, 0.15) is 11.4 Å². The van der Waals surface area contributed by atoms with Gasteiger partial charge in [-0.25, -0.2) is 9.18 Å². The summed E-state index contributed by atoms with van der Waals surface area (Å²) in [4.78, 5) is 25.9. The summed E-state index contributed by atoms with van der Waals surface area (Å²) in [7, 11) is 1.37. The Morgan fingerprint density at radius 3 is 2.54 bits per heavy atom. The maximum Gasteiger partial charge on any atom is 0.410 e. The van der Waals surface area contributed by atoms with E-state index < -0.39 is 5.60 Å². The Labute approximate surface area is 166 Å². The van der Waals surface area contributed by atoms with Crippen LogP contribution in [0.25, 0.3) is 5.57 Å². The van der Waals surface area contributed by atoms with E-state index in [-0.39, 0.29) is 23.8 Å². The van der Waals surface area contributed by atoms with E-state index in [1.807, 2.05) is 33.8 Å². The lowest BCUT2D eigenvalue weighted by molar-refractivity contribution is -0.145. The van der Waals surface area contributed by atoms with Crippen LogP contribution in [0.5, 0.6) is 0 Å². The molecule has 0 spiro atoms. The lowest BCUT2D eigenvalue weighted by Crippen LogP contribution is -2.39. The molecule has 1 aliphatic rings. The van der Waals surface area contributed by atoms with Crippen LogP contribution >= 0.6 is 0 Å². The number of esters is 1. The Bertz CT molecular complexity index is 751. The van der Waals surface area contributed by atoms with E-state index in [1.54, 1.807) is 11.0 Å². The molecule has 0 saturated carbocycles. The predicted octanol–water partition coefficient (Wildman–Crippen LogP) is 4.59. The summed E-state index contributed by atoms with van der Waals surface area (Å²) in [5.41, 5.74) is 2.23. The molecule has 2 rings (SSSR count). The fourth-order valence-electron chi connectivity index (χ4n) is 3.28. The van der Waals surface area contributed by atoms with E-state index in [0.717, 1.165) is 16.7 Å². The molecule has 0 N–H and O–H groups in total. The smallest absolute Gasteiger partial charge is 0.410 e. The molecule has 6 heteroatoms. The molecule has 1 atom stereocenters. The highest BCUT2D eigenvalue weighted by molar-refractivity contribution is 5.75. The van der Waals surface area contributed by atoms with E-state index >= 15 is 0 Å². The number of methoxy groups -OCH3 is 1. The third-order valence-electron chi connectivity index (χ3n) is 4.77. The molecule has 28 heavy (non-hydrogen) atoms. The van der Waals surface area contributed by atoms with Crippen molar-refractivity contribution in [2.45, 2.75) is 52.6 Å². The van der Waals surface area contributed by atoms with Crippen LogP contribution in [0.15, 0.2) is 24.3 Å². The first kappa shape index (κ1) is 21.9. The molecule has 0 aromatic heterocycles. The quantitative estimate of drug-likeness (QED) is 0.689. The van der Waals surface area contributed by atoms with Gasteiger partial charge in [-0.3, -0.25) is 4.79 Å². The molecular weight excluding hydrogens is 361 g/mol. The summed E-state index contributed by atoms with van der Waals surface area (Å²) < 4.78 is 24.2. The summed E-state index contributed by atoms with van der Waals surface area (Å²) in [6, 6.07) is 4.67. The molecule has 5 nitrogen and oxygen atoms in total. The first-order valence-corrected chi connectivity index (χ1v) is 9.68. The van der Waals surface area contributed by atoms with Crippen LogP contribution in [0.4, 0.5) is 9.18 Å². The van der Waals surface area contributed by atoms with Crippen LogP contribution in [0.3, 0.4) is 0 Å². The van der Waals surface area contributed by atoms with Gasteiger partial charge >= 0.3 is 12.1 Å². The second-order valence-corrected chi connectivity index (χ2v) is 8.04. The van der Waals surface area contributed by atoms with Crippen molar-refractivity contribution < 1.29 is 23.5 Å². The highest BCUT2D eigenvalue weighted by atomic mass is 19.1. The predicted molar refractivity (Wildman–Crippen MR) is 106 cm³/mol. The molecule has 1 aromatic carbocycles. The molecule has 1 aromatic rings. The molecule has 1 amide bonds. The minimum Gasteiger partial charge on any atom is -0.469 e. The van der Waals surface area contributed by atoms with Crippen LogP contribution in [0.1, 0.15) is 51.7 Å². The molecule has 0 fully saturated rings. The lowest BCUT2D eigenvalue weighted by atomic mass is 9.88. The minimum atomic E-state index is -0.533. The Kier molecular flexibility index (Phi) is 7.22. The third-order valence-corrected chi connectivity index (χ3v) is 4.77. The second-order valence-electron chi connectivity index (χ2n) is 8.04. The van der Waals surface area contributed by atoms with Crippen LogP contribution in [0.2, 0.25) is 0 Å². The zero-order chi connectivity index (χ0) is 20.9. The molecular formula is C22H30FNO4. The Morgan fingerprint density at radius 1 is 1.29 bits per heavy atom. The first-order chi connectivity index (χ1) is 13.1. The van der Waals surface area contributed by atoms with Gasteiger partial charge in [0.2, 0.25) is 0 Å². The van der Waals surface area contributed by atoms with Gasteiger partial charge in [-0.05, 0) is 68.9 Å². The molecule has 1 heterocycles. The average molecular weight is 391 g/mol. The van der Waals surface area contributed by atoms with Gasteiger partial charge in [-0.1, -0.05) is 19.1 Å². The topological polar surface area (TPSA) is 55.8 Å². The number of halogens is 1. The lowest BCUT2D eigenvalue weighted by Gasteiger charge is -2.30. The maximum absolute atomic E-state index is 13.9. The molecule has 154 valence electrons. The van der Waals surface area contributed by atoms with Crippen molar-refractivity contribution in [1.29, 1.82) is 0 Å². The van der Waals surface area contributed by atoms with Gasteiger partial charge in [0.25, 0.3) is 0 Å². The zero-order valence-corrected chi connectivity index (χ0v) is 17.4. The second kappa shape index (κ2) is 9.22. The standard InChI is InChI=1S/C22H30FNO4/c1-6-15(20(25)27-5)13-17-14-18(23)7-8-19(17)16-9-11-24(12-10-16)21(26)28-22(2,3)4/h7-9,14-15H,6,10-13H2,1-5H3/t15-/m0/s1. The SMILES string of the molecule is CC[C@@H](Cc1cc(F)ccc1C1=CCN(C(=O)OC(C)(C)C)CC1)C(=O)OC. The van der Waals surface area contributed by atoms with E-state index in [1.165, 1.54) is 19.2 Å². The van der Waals surface area contributed by atoms with Crippen LogP contribution < -0.4 is 0 Å². The number of amides is 1. The van der Waals surface area contributed by atoms with Crippen molar-refractivity contribution in [1.82, 2.24) is 4.90 Å². The number of carbonyl (C=O) groups is 2. The number of rotatable bonds is 5. The number of carbonyl (C=O) groups excluding carboxylic acids is 2. The number of hydrogen-bond donors (Lipinski definition) is 0. The van der Waals surface area contributed by atoms with E-state index in [4.69, 9.17) is 9.47 Å². The zero-order valence-electron chi connectivity index (χ0n) is 17.4. The summed E-state index contributed by atoms with van der Waals surface area (Å²) in [5, 5.41) is 0. The number of hydrogen-bond acceptors (Lipinski definition) is 4. The molecule has 0 saturated heterocycles. The molecule has 0 radical (unpaired) electrons. The summed E-state index contributed by atoms with van der Waals surface area (Å²) >= 11 is 0. The molecule has 0 bridgehead atoms. The minimum absolute atomic E-state index is 0.286. The fourth-order valence-corrected chi connectivity index (χ4v) is 3.28. The van der Waals surface area contributed by atoms with Crippen molar-refractivity contribution >= 4 is 17.6 Å². The van der Waals surface area contributed by atoms with Crippen molar-refractivity contribution in [2.24, 2.45) is 5.92 Å². The summed E-state index contributed by atoms with van der Waals surface area (Å²) in [6.45, 7) is 8.41. The number of benzene rings is 1. The van der Waals surface area contributed by atoms with Crippen molar-refractivity contribution in [3.63, 3.8) is 0 Å². The van der Waals surface area contributed by atoms with E-state index in [0.29, 0.717) is 32.4 Å². The van der Waals surface area contributed by atoms with E-state index in [9.17, 15) is 14.0 Å². The Hall–Kier alpha value is -2.37. The van der Waals surface area contributed by atoms with Crippen molar-refractivity contribution in [2.75, 3.05) is 20.2 Å². The van der Waals surface area contributed by atoms with Gasteiger partial charge in [0.05, 0.1) is 13.0 Å². The van der Waals surface area contributed by atoms with E-state index in [2.05, 4.69) is 0 Å². The summed E-state index contributed by atoms with van der Waals surface area (Å²) in [6.07, 6.45) is 3.33. The van der Waals surface area contributed by atoms with Crippen molar-refractivity contribution in [3.8, 4) is 0 Å². The molecule has 0 aliphatic carbocycles. The highest BCUT2D eigenvalue weighted by Gasteiger charge is 2.25.